The van der Waals surface area contributed by atoms with Crippen LogP contribution in [-0.4, -0.2) is 62.6 Å². The molecule has 0 N–H and O–H groups in total. The van der Waals surface area contributed by atoms with E-state index in [0.29, 0.717) is 6.61 Å². The quantitative estimate of drug-likeness (QED) is 0.786. The van der Waals surface area contributed by atoms with Gasteiger partial charge < -0.3 is 14.5 Å². The molecule has 1 heterocycles. The van der Waals surface area contributed by atoms with Gasteiger partial charge in [0.15, 0.2) is 0 Å². The second kappa shape index (κ2) is 8.91. The van der Waals surface area contributed by atoms with Gasteiger partial charge in [-0.15, -0.1) is 0 Å². The fourth-order valence-electron chi connectivity index (χ4n) is 3.31. The van der Waals surface area contributed by atoms with Crippen LogP contribution < -0.4 is 9.64 Å². The van der Waals surface area contributed by atoms with Crippen molar-refractivity contribution >= 4 is 11.6 Å². The van der Waals surface area contributed by atoms with Gasteiger partial charge in [0.05, 0.1) is 6.61 Å². The number of benzene rings is 2. The first-order valence-electron chi connectivity index (χ1n) is 9.57. The summed E-state index contributed by atoms with van der Waals surface area (Å²) in [5.41, 5.74) is 3.14. The molecule has 2 aromatic carbocycles. The van der Waals surface area contributed by atoms with E-state index in [-0.39, 0.29) is 5.91 Å². The van der Waals surface area contributed by atoms with Gasteiger partial charge in [0.1, 0.15) is 5.75 Å². The van der Waals surface area contributed by atoms with Crippen molar-refractivity contribution in [3.05, 3.63) is 59.7 Å². The van der Waals surface area contributed by atoms with Gasteiger partial charge in [0.25, 0.3) is 5.91 Å². The van der Waals surface area contributed by atoms with E-state index in [4.69, 9.17) is 4.74 Å². The second-order valence-electron chi connectivity index (χ2n) is 7.09. The molecule has 1 saturated heterocycles. The average molecular weight is 367 g/mol. The van der Waals surface area contributed by atoms with Crippen LogP contribution in [0.2, 0.25) is 0 Å². The molecule has 0 atom stereocenters. The molecule has 2 aromatic rings. The Kier molecular flexibility index (Phi) is 6.35. The highest BCUT2D eigenvalue weighted by Crippen LogP contribution is 2.17. The Morgan fingerprint density at radius 2 is 1.59 bits per heavy atom. The fourth-order valence-corrected chi connectivity index (χ4v) is 3.31. The van der Waals surface area contributed by atoms with E-state index >= 15 is 0 Å². The molecule has 0 radical (unpaired) electrons. The van der Waals surface area contributed by atoms with E-state index in [1.807, 2.05) is 67.2 Å². The number of anilines is 1. The molecule has 144 valence electrons. The molecule has 0 bridgehead atoms. The van der Waals surface area contributed by atoms with E-state index in [1.54, 1.807) is 0 Å². The van der Waals surface area contributed by atoms with E-state index in [0.717, 1.165) is 49.7 Å². The van der Waals surface area contributed by atoms with Gasteiger partial charge in [-0.25, -0.2) is 0 Å². The van der Waals surface area contributed by atoms with Crippen LogP contribution in [0.3, 0.4) is 0 Å². The van der Waals surface area contributed by atoms with Gasteiger partial charge in [-0.1, -0.05) is 12.1 Å². The zero-order chi connectivity index (χ0) is 19.2. The number of rotatable bonds is 6. The number of nitrogens with zero attached hydrogens (tertiary/aromatic N) is 3. The summed E-state index contributed by atoms with van der Waals surface area (Å²) in [5, 5.41) is 0. The average Bonchev–Trinajstić information content (AvgIpc) is 2.70. The van der Waals surface area contributed by atoms with Crippen molar-refractivity contribution in [2.45, 2.75) is 13.5 Å². The molecule has 0 aliphatic carbocycles. The lowest BCUT2D eigenvalue weighted by atomic mass is 10.1. The predicted octanol–water partition coefficient (Wildman–Crippen LogP) is 3.11. The number of carbonyl (C=O) groups is 1. The van der Waals surface area contributed by atoms with Gasteiger partial charge in [0, 0.05) is 58.1 Å². The van der Waals surface area contributed by atoms with Gasteiger partial charge in [-0.05, 0) is 48.9 Å². The molecule has 5 heteroatoms. The third kappa shape index (κ3) is 5.01. The van der Waals surface area contributed by atoms with E-state index in [2.05, 4.69) is 17.0 Å². The number of carbonyl (C=O) groups excluding carboxylic acids is 1. The Hall–Kier alpha value is -2.53. The van der Waals surface area contributed by atoms with Gasteiger partial charge in [-0.2, -0.15) is 0 Å². The molecule has 0 unspecified atom stereocenters. The fraction of sp³-hybridized carbons (Fsp3) is 0.409. The Labute approximate surface area is 162 Å². The lowest BCUT2D eigenvalue weighted by Crippen LogP contribution is -2.48. The molecule has 27 heavy (non-hydrogen) atoms. The van der Waals surface area contributed by atoms with Crippen molar-refractivity contribution in [2.24, 2.45) is 0 Å². The first kappa shape index (κ1) is 19.2. The smallest absolute Gasteiger partial charge is 0.253 e. The maximum absolute atomic E-state index is 12.7. The highest BCUT2D eigenvalue weighted by Gasteiger charge is 2.22. The van der Waals surface area contributed by atoms with Crippen molar-refractivity contribution in [3.8, 4) is 5.75 Å². The number of piperazine rings is 1. The summed E-state index contributed by atoms with van der Waals surface area (Å²) in [4.78, 5) is 19.1. The summed E-state index contributed by atoms with van der Waals surface area (Å²) in [6.07, 6.45) is 0. The van der Waals surface area contributed by atoms with Gasteiger partial charge in [0.2, 0.25) is 0 Å². The highest BCUT2D eigenvalue weighted by atomic mass is 16.5. The van der Waals surface area contributed by atoms with Crippen molar-refractivity contribution in [3.63, 3.8) is 0 Å². The molecule has 3 rings (SSSR count). The summed E-state index contributed by atoms with van der Waals surface area (Å²) in [6.45, 7) is 6.92. The third-order valence-electron chi connectivity index (χ3n) is 4.93. The minimum absolute atomic E-state index is 0.126. The zero-order valence-corrected chi connectivity index (χ0v) is 16.5. The molecular formula is C22H29N3O2. The van der Waals surface area contributed by atoms with Gasteiger partial charge >= 0.3 is 0 Å². The van der Waals surface area contributed by atoms with E-state index in [9.17, 15) is 4.79 Å². The van der Waals surface area contributed by atoms with Crippen LogP contribution in [0.5, 0.6) is 5.75 Å². The van der Waals surface area contributed by atoms with Crippen molar-refractivity contribution in [1.29, 1.82) is 0 Å². The van der Waals surface area contributed by atoms with Crippen molar-refractivity contribution < 1.29 is 9.53 Å². The van der Waals surface area contributed by atoms with Crippen LogP contribution >= 0.6 is 0 Å². The Bertz CT molecular complexity index is 733. The Morgan fingerprint density at radius 1 is 0.963 bits per heavy atom. The highest BCUT2D eigenvalue weighted by molar-refractivity contribution is 5.94. The van der Waals surface area contributed by atoms with E-state index < -0.39 is 0 Å². The molecule has 0 aromatic heterocycles. The number of hydrogen-bond acceptors (Lipinski definition) is 4. The summed E-state index contributed by atoms with van der Waals surface area (Å²) < 4.78 is 5.49. The zero-order valence-electron chi connectivity index (χ0n) is 16.5. The topological polar surface area (TPSA) is 36.0 Å². The Balaban J connectivity index is 1.51. The maximum Gasteiger partial charge on any atom is 0.253 e. The lowest BCUT2D eigenvalue weighted by molar-refractivity contribution is 0.0628. The molecule has 1 fully saturated rings. The maximum atomic E-state index is 12.7. The number of ether oxygens (including phenoxy) is 1. The molecule has 5 nitrogen and oxygen atoms in total. The molecule has 1 aliphatic heterocycles. The normalized spacial score (nSPS) is 14.9. The second-order valence-corrected chi connectivity index (χ2v) is 7.09. The van der Waals surface area contributed by atoms with E-state index in [1.165, 1.54) is 5.56 Å². The molecule has 0 spiro atoms. The van der Waals surface area contributed by atoms with Crippen LogP contribution in [0, 0.1) is 0 Å². The first-order valence-corrected chi connectivity index (χ1v) is 9.57. The SMILES string of the molecule is CCOc1ccc(CN2CCN(C(=O)c3ccc(N(C)C)cc3)CC2)cc1. The summed E-state index contributed by atoms with van der Waals surface area (Å²) in [7, 11) is 4.00. The number of amides is 1. The molecular weight excluding hydrogens is 338 g/mol. The molecule has 0 saturated carbocycles. The van der Waals surface area contributed by atoms with Crippen molar-refractivity contribution in [1.82, 2.24) is 9.80 Å². The van der Waals surface area contributed by atoms with Crippen LogP contribution in [0.4, 0.5) is 5.69 Å². The lowest BCUT2D eigenvalue weighted by Gasteiger charge is -2.34. The first-order chi connectivity index (χ1) is 13.1. The van der Waals surface area contributed by atoms with Crippen molar-refractivity contribution in [2.75, 3.05) is 51.8 Å². The van der Waals surface area contributed by atoms with Crippen LogP contribution in [0.1, 0.15) is 22.8 Å². The molecule has 1 amide bonds. The van der Waals surface area contributed by atoms with Gasteiger partial charge in [-0.3, -0.25) is 9.69 Å². The minimum atomic E-state index is 0.126. The Morgan fingerprint density at radius 3 is 2.15 bits per heavy atom. The van der Waals surface area contributed by atoms with Crippen LogP contribution in [-0.2, 0) is 6.54 Å². The molecule has 1 aliphatic rings. The summed E-state index contributed by atoms with van der Waals surface area (Å²) in [6, 6.07) is 16.1. The third-order valence-corrected chi connectivity index (χ3v) is 4.93. The summed E-state index contributed by atoms with van der Waals surface area (Å²) >= 11 is 0. The monoisotopic (exact) mass is 367 g/mol. The summed E-state index contributed by atoms with van der Waals surface area (Å²) in [5.74, 6) is 1.04. The van der Waals surface area contributed by atoms with Crippen LogP contribution in [0.15, 0.2) is 48.5 Å². The minimum Gasteiger partial charge on any atom is -0.494 e. The predicted molar refractivity (Wildman–Crippen MR) is 110 cm³/mol. The standard InChI is InChI=1S/C22H29N3O2/c1-4-27-21-11-5-18(6-12-21)17-24-13-15-25(16-14-24)22(26)19-7-9-20(10-8-19)23(2)3/h5-12H,4,13-17H2,1-3H3. The number of hydrogen-bond donors (Lipinski definition) is 0. The largest absolute Gasteiger partial charge is 0.494 e. The van der Waals surface area contributed by atoms with Crippen LogP contribution in [0.25, 0.3) is 0 Å².